The Hall–Kier alpha value is -2.49. The summed E-state index contributed by atoms with van der Waals surface area (Å²) in [6, 6.07) is 11.0. The van der Waals surface area contributed by atoms with Crippen LogP contribution in [0.4, 0.5) is 5.69 Å². The molecule has 0 unspecified atom stereocenters. The first-order valence-electron chi connectivity index (χ1n) is 6.87. The number of anilines is 1. The number of amides is 1. The molecular formula is C17H20N2O2. The number of aryl methyl sites for hydroxylation is 1. The number of nitrogens with two attached hydrogens (primary N) is 2. The summed E-state index contributed by atoms with van der Waals surface area (Å²) in [6.45, 7) is 6.17. The van der Waals surface area contributed by atoms with E-state index in [1.54, 1.807) is 18.2 Å². The van der Waals surface area contributed by atoms with Crippen LogP contribution in [0, 0.1) is 6.92 Å². The van der Waals surface area contributed by atoms with Crippen molar-refractivity contribution >= 4 is 11.6 Å². The zero-order valence-corrected chi connectivity index (χ0v) is 12.5. The monoisotopic (exact) mass is 284 g/mol. The second-order valence-corrected chi connectivity index (χ2v) is 5.37. The van der Waals surface area contributed by atoms with Crippen molar-refractivity contribution in [2.45, 2.75) is 26.7 Å². The van der Waals surface area contributed by atoms with Gasteiger partial charge in [0.15, 0.2) is 5.75 Å². The molecule has 21 heavy (non-hydrogen) atoms. The van der Waals surface area contributed by atoms with E-state index in [4.69, 9.17) is 16.2 Å². The SMILES string of the molecule is Cc1ccc(C(C)C)cc1Oc1c(N)cccc1C(N)=O. The predicted octanol–water partition coefficient (Wildman–Crippen LogP) is 3.59. The quantitative estimate of drug-likeness (QED) is 0.842. The number of ether oxygens (including phenoxy) is 1. The summed E-state index contributed by atoms with van der Waals surface area (Å²) >= 11 is 0. The van der Waals surface area contributed by atoms with Crippen molar-refractivity contribution in [2.24, 2.45) is 5.73 Å². The van der Waals surface area contributed by atoms with Crippen molar-refractivity contribution in [3.05, 3.63) is 53.1 Å². The maximum Gasteiger partial charge on any atom is 0.252 e. The van der Waals surface area contributed by atoms with Gasteiger partial charge in [-0.1, -0.05) is 32.0 Å². The van der Waals surface area contributed by atoms with E-state index in [-0.39, 0.29) is 5.56 Å². The van der Waals surface area contributed by atoms with Crippen molar-refractivity contribution in [3.8, 4) is 11.5 Å². The fourth-order valence-electron chi connectivity index (χ4n) is 2.06. The number of hydrogen-bond donors (Lipinski definition) is 2. The van der Waals surface area contributed by atoms with Gasteiger partial charge < -0.3 is 16.2 Å². The van der Waals surface area contributed by atoms with Gasteiger partial charge in [-0.2, -0.15) is 0 Å². The summed E-state index contributed by atoms with van der Waals surface area (Å²) in [5, 5.41) is 0. The van der Waals surface area contributed by atoms with E-state index in [1.165, 1.54) is 0 Å². The molecule has 110 valence electrons. The van der Waals surface area contributed by atoms with E-state index in [1.807, 2.05) is 19.1 Å². The highest BCUT2D eigenvalue weighted by Crippen LogP contribution is 2.34. The molecule has 0 atom stereocenters. The third kappa shape index (κ3) is 3.16. The lowest BCUT2D eigenvalue weighted by molar-refractivity contribution is 0.0998. The molecule has 2 aromatic rings. The van der Waals surface area contributed by atoms with E-state index in [9.17, 15) is 4.79 Å². The minimum Gasteiger partial charge on any atom is -0.454 e. The van der Waals surface area contributed by atoms with Gasteiger partial charge in [0.05, 0.1) is 11.3 Å². The van der Waals surface area contributed by atoms with E-state index < -0.39 is 5.91 Å². The third-order valence-corrected chi connectivity index (χ3v) is 3.40. The van der Waals surface area contributed by atoms with Crippen molar-refractivity contribution in [1.29, 1.82) is 0 Å². The van der Waals surface area contributed by atoms with Crippen LogP contribution in [-0.4, -0.2) is 5.91 Å². The highest BCUT2D eigenvalue weighted by Gasteiger charge is 2.15. The summed E-state index contributed by atoms with van der Waals surface area (Å²) in [6.07, 6.45) is 0. The van der Waals surface area contributed by atoms with Crippen LogP contribution in [0.1, 0.15) is 41.3 Å². The molecule has 0 saturated heterocycles. The van der Waals surface area contributed by atoms with E-state index in [0.717, 1.165) is 11.1 Å². The summed E-state index contributed by atoms with van der Waals surface area (Å²) in [5.74, 6) is 0.822. The fraction of sp³-hybridized carbons (Fsp3) is 0.235. The largest absolute Gasteiger partial charge is 0.454 e. The Morgan fingerprint density at radius 1 is 1.19 bits per heavy atom. The summed E-state index contributed by atoms with van der Waals surface area (Å²) in [4.78, 5) is 11.5. The molecule has 0 aliphatic heterocycles. The van der Waals surface area contributed by atoms with Crippen molar-refractivity contribution in [1.82, 2.24) is 0 Å². The maximum atomic E-state index is 11.5. The molecule has 4 N–H and O–H groups in total. The lowest BCUT2D eigenvalue weighted by Gasteiger charge is -2.15. The van der Waals surface area contributed by atoms with Crippen LogP contribution < -0.4 is 16.2 Å². The number of nitrogen functional groups attached to an aromatic ring is 1. The van der Waals surface area contributed by atoms with E-state index in [2.05, 4.69) is 19.9 Å². The second kappa shape index (κ2) is 5.87. The minimum absolute atomic E-state index is 0.282. The Bertz CT molecular complexity index is 678. The third-order valence-electron chi connectivity index (χ3n) is 3.40. The number of primary amides is 1. The molecular weight excluding hydrogens is 264 g/mol. The van der Waals surface area contributed by atoms with Gasteiger partial charge in [-0.3, -0.25) is 4.79 Å². The molecule has 4 heteroatoms. The van der Waals surface area contributed by atoms with Gasteiger partial charge >= 0.3 is 0 Å². The lowest BCUT2D eigenvalue weighted by Crippen LogP contribution is -2.13. The van der Waals surface area contributed by atoms with E-state index in [0.29, 0.717) is 23.1 Å². The molecule has 0 radical (unpaired) electrons. The Labute approximate surface area is 124 Å². The van der Waals surface area contributed by atoms with Crippen molar-refractivity contribution in [2.75, 3.05) is 5.73 Å². The molecule has 0 aliphatic carbocycles. The maximum absolute atomic E-state index is 11.5. The topological polar surface area (TPSA) is 78.3 Å². The van der Waals surface area contributed by atoms with Crippen molar-refractivity contribution in [3.63, 3.8) is 0 Å². The number of carbonyl (C=O) groups excluding carboxylic acids is 1. The molecule has 0 aliphatic rings. The average molecular weight is 284 g/mol. The van der Waals surface area contributed by atoms with Gasteiger partial charge in [0, 0.05) is 0 Å². The molecule has 0 bridgehead atoms. The fourth-order valence-corrected chi connectivity index (χ4v) is 2.06. The number of carbonyl (C=O) groups is 1. The summed E-state index contributed by atoms with van der Waals surface area (Å²) in [5.41, 5.74) is 14.1. The molecule has 2 aromatic carbocycles. The first-order chi connectivity index (χ1) is 9.90. The molecule has 0 aromatic heterocycles. The Kier molecular flexibility index (Phi) is 4.17. The predicted molar refractivity (Wildman–Crippen MR) is 84.7 cm³/mol. The Balaban J connectivity index is 2.48. The zero-order valence-electron chi connectivity index (χ0n) is 12.5. The normalized spacial score (nSPS) is 10.7. The molecule has 0 saturated carbocycles. The lowest BCUT2D eigenvalue weighted by atomic mass is 10.0. The van der Waals surface area contributed by atoms with Gasteiger partial charge in [0.25, 0.3) is 5.91 Å². The number of hydrogen-bond acceptors (Lipinski definition) is 3. The van der Waals surface area contributed by atoms with Gasteiger partial charge in [0.2, 0.25) is 0 Å². The van der Waals surface area contributed by atoms with Crippen LogP contribution in [-0.2, 0) is 0 Å². The highest BCUT2D eigenvalue weighted by atomic mass is 16.5. The van der Waals surface area contributed by atoms with Gasteiger partial charge in [-0.15, -0.1) is 0 Å². The molecule has 2 rings (SSSR count). The standard InChI is InChI=1S/C17H20N2O2/c1-10(2)12-8-7-11(3)15(9-12)21-16-13(17(19)20)5-4-6-14(16)18/h4-10H,18H2,1-3H3,(H2,19,20). The summed E-state index contributed by atoms with van der Waals surface area (Å²) in [7, 11) is 0. The van der Waals surface area contributed by atoms with Crippen LogP contribution in [0.2, 0.25) is 0 Å². The van der Waals surface area contributed by atoms with Crippen LogP contribution >= 0.6 is 0 Å². The van der Waals surface area contributed by atoms with Gasteiger partial charge in [-0.25, -0.2) is 0 Å². The van der Waals surface area contributed by atoms with Gasteiger partial charge in [0.1, 0.15) is 5.75 Å². The average Bonchev–Trinajstić information content (AvgIpc) is 2.42. The molecule has 0 heterocycles. The molecule has 4 nitrogen and oxygen atoms in total. The van der Waals surface area contributed by atoms with Gasteiger partial charge in [-0.05, 0) is 42.2 Å². The number of rotatable bonds is 4. The Morgan fingerprint density at radius 3 is 2.52 bits per heavy atom. The smallest absolute Gasteiger partial charge is 0.252 e. The van der Waals surface area contributed by atoms with Crippen LogP contribution in [0.5, 0.6) is 11.5 Å². The zero-order chi connectivity index (χ0) is 15.6. The Morgan fingerprint density at radius 2 is 1.90 bits per heavy atom. The minimum atomic E-state index is -0.560. The number of benzene rings is 2. The van der Waals surface area contributed by atoms with Crippen molar-refractivity contribution < 1.29 is 9.53 Å². The van der Waals surface area contributed by atoms with Crippen LogP contribution in [0.15, 0.2) is 36.4 Å². The first-order valence-corrected chi connectivity index (χ1v) is 6.87. The van der Waals surface area contributed by atoms with Crippen LogP contribution in [0.3, 0.4) is 0 Å². The highest BCUT2D eigenvalue weighted by molar-refractivity contribution is 5.97. The molecule has 0 spiro atoms. The second-order valence-electron chi connectivity index (χ2n) is 5.37. The molecule has 0 fully saturated rings. The summed E-state index contributed by atoms with van der Waals surface area (Å²) < 4.78 is 5.90. The van der Waals surface area contributed by atoms with Crippen LogP contribution in [0.25, 0.3) is 0 Å². The molecule has 1 amide bonds. The number of para-hydroxylation sites is 1. The van der Waals surface area contributed by atoms with E-state index >= 15 is 0 Å². The first kappa shape index (κ1) is 14.9.